The number of amides is 1. The van der Waals surface area contributed by atoms with E-state index < -0.39 is 27.9 Å². The quantitative estimate of drug-likeness (QED) is 0.678. The molecule has 1 unspecified atom stereocenters. The van der Waals surface area contributed by atoms with E-state index in [4.69, 9.17) is 5.11 Å². The third-order valence-electron chi connectivity index (χ3n) is 3.41. The van der Waals surface area contributed by atoms with Crippen LogP contribution in [0.1, 0.15) is 30.1 Å². The van der Waals surface area contributed by atoms with Gasteiger partial charge in [-0.2, -0.15) is 0 Å². The first-order valence-corrected chi connectivity index (χ1v) is 8.47. The number of carbonyl (C=O) groups excluding carboxylic acids is 1. The summed E-state index contributed by atoms with van der Waals surface area (Å²) in [6, 6.07) is 4.48. The van der Waals surface area contributed by atoms with Crippen LogP contribution in [0.5, 0.6) is 0 Å². The second kappa shape index (κ2) is 6.45. The summed E-state index contributed by atoms with van der Waals surface area (Å²) in [5.41, 5.74) is 0.224. The summed E-state index contributed by atoms with van der Waals surface area (Å²) >= 11 is 0. The molecule has 1 aromatic rings. The van der Waals surface area contributed by atoms with Crippen LogP contribution in [0.15, 0.2) is 29.2 Å². The Hall–Kier alpha value is -1.93. The van der Waals surface area contributed by atoms with Crippen LogP contribution in [0, 0.1) is 5.92 Å². The molecular formula is C14H18N2O5S. The number of nitrogens with one attached hydrogen (secondary N) is 2. The van der Waals surface area contributed by atoms with E-state index in [0.717, 1.165) is 12.8 Å². The second-order valence-corrected chi connectivity index (χ2v) is 6.92. The Kier molecular flexibility index (Phi) is 4.82. The largest absolute Gasteiger partial charge is 0.480 e. The molecule has 3 N–H and O–H groups in total. The summed E-state index contributed by atoms with van der Waals surface area (Å²) < 4.78 is 25.9. The van der Waals surface area contributed by atoms with Crippen LogP contribution in [-0.2, 0) is 14.8 Å². The number of aliphatic carboxylic acids is 1. The van der Waals surface area contributed by atoms with Gasteiger partial charge in [0.2, 0.25) is 10.0 Å². The van der Waals surface area contributed by atoms with Gasteiger partial charge in [0.15, 0.2) is 0 Å². The molecule has 1 saturated carbocycles. The molecule has 0 radical (unpaired) electrons. The van der Waals surface area contributed by atoms with Gasteiger partial charge in [-0.1, -0.05) is 6.92 Å². The molecule has 1 aliphatic carbocycles. The molecule has 120 valence electrons. The highest BCUT2D eigenvalue weighted by molar-refractivity contribution is 7.89. The highest BCUT2D eigenvalue weighted by Gasteiger charge is 2.37. The van der Waals surface area contributed by atoms with Crippen molar-refractivity contribution in [1.29, 1.82) is 0 Å². The number of benzene rings is 1. The molecule has 0 aromatic heterocycles. The van der Waals surface area contributed by atoms with E-state index >= 15 is 0 Å². The predicted octanol–water partition coefficient (Wildman–Crippen LogP) is 0.578. The smallest absolute Gasteiger partial charge is 0.326 e. The lowest BCUT2D eigenvalue weighted by molar-refractivity contribution is -0.139. The lowest BCUT2D eigenvalue weighted by atomic mass is 10.1. The van der Waals surface area contributed by atoms with Crippen molar-refractivity contribution >= 4 is 21.9 Å². The molecule has 1 fully saturated rings. The van der Waals surface area contributed by atoms with Crippen LogP contribution in [-0.4, -0.2) is 38.0 Å². The van der Waals surface area contributed by atoms with E-state index in [1.807, 2.05) is 0 Å². The number of sulfonamides is 1. The summed E-state index contributed by atoms with van der Waals surface area (Å²) in [7, 11) is -3.57. The molecule has 1 amide bonds. The molecule has 0 spiro atoms. The minimum atomic E-state index is -3.57. The van der Waals surface area contributed by atoms with Gasteiger partial charge in [-0.05, 0) is 43.0 Å². The van der Waals surface area contributed by atoms with Gasteiger partial charge >= 0.3 is 5.97 Å². The van der Waals surface area contributed by atoms with Crippen molar-refractivity contribution in [2.24, 2.45) is 5.92 Å². The van der Waals surface area contributed by atoms with Crippen molar-refractivity contribution in [3.05, 3.63) is 29.8 Å². The minimum Gasteiger partial charge on any atom is -0.480 e. The Labute approximate surface area is 128 Å². The molecule has 1 atom stereocenters. The van der Waals surface area contributed by atoms with E-state index in [9.17, 15) is 18.0 Å². The summed E-state index contributed by atoms with van der Waals surface area (Å²) in [5, 5.41) is 11.6. The van der Waals surface area contributed by atoms with Gasteiger partial charge in [0, 0.05) is 12.1 Å². The van der Waals surface area contributed by atoms with Gasteiger partial charge in [-0.25, -0.2) is 17.9 Å². The third-order valence-corrected chi connectivity index (χ3v) is 4.97. The molecule has 8 heteroatoms. The lowest BCUT2D eigenvalue weighted by Gasteiger charge is -2.13. The minimum absolute atomic E-state index is 0.0187. The molecule has 0 saturated heterocycles. The van der Waals surface area contributed by atoms with Crippen molar-refractivity contribution in [1.82, 2.24) is 10.0 Å². The Balaban J connectivity index is 2.09. The maximum atomic E-state index is 12.0. The Bertz CT molecular complexity index is 665. The first-order chi connectivity index (χ1) is 10.3. The fourth-order valence-corrected chi connectivity index (χ4v) is 3.14. The van der Waals surface area contributed by atoms with Gasteiger partial charge in [-0.3, -0.25) is 4.79 Å². The van der Waals surface area contributed by atoms with E-state index in [1.54, 1.807) is 6.92 Å². The van der Waals surface area contributed by atoms with Crippen LogP contribution in [0.25, 0.3) is 0 Å². The number of rotatable bonds is 7. The Morgan fingerprint density at radius 2 is 1.86 bits per heavy atom. The van der Waals surface area contributed by atoms with Crippen LogP contribution >= 0.6 is 0 Å². The number of carboxylic acids is 1. The fraction of sp³-hybridized carbons (Fsp3) is 0.429. The maximum Gasteiger partial charge on any atom is 0.326 e. The van der Waals surface area contributed by atoms with Crippen molar-refractivity contribution in [3.63, 3.8) is 0 Å². The molecule has 22 heavy (non-hydrogen) atoms. The molecule has 1 aromatic carbocycles. The van der Waals surface area contributed by atoms with Crippen LogP contribution < -0.4 is 10.0 Å². The Morgan fingerprint density at radius 3 is 2.32 bits per heavy atom. The van der Waals surface area contributed by atoms with Crippen molar-refractivity contribution in [2.45, 2.75) is 30.7 Å². The molecule has 1 aliphatic rings. The zero-order chi connectivity index (χ0) is 16.3. The number of carboxylic acid groups (broad SMARTS) is 1. The molecule has 0 heterocycles. The summed E-state index contributed by atoms with van der Waals surface area (Å²) in [6.07, 6.45) is 1.58. The van der Waals surface area contributed by atoms with E-state index in [2.05, 4.69) is 10.0 Å². The molecule has 0 bridgehead atoms. The number of carbonyl (C=O) groups is 2. The van der Waals surface area contributed by atoms with Crippen LogP contribution in [0.4, 0.5) is 0 Å². The SMILES string of the molecule is CCNS(=O)(=O)c1ccc(C(=O)NC(C(=O)O)C2CC2)cc1. The molecule has 7 nitrogen and oxygen atoms in total. The summed E-state index contributed by atoms with van der Waals surface area (Å²) in [5.74, 6) is -1.59. The second-order valence-electron chi connectivity index (χ2n) is 5.15. The van der Waals surface area contributed by atoms with Crippen molar-refractivity contribution in [3.8, 4) is 0 Å². The topological polar surface area (TPSA) is 113 Å². The standard InChI is InChI=1S/C14H18N2O5S/c1-2-15-22(20,21)11-7-5-10(6-8-11)13(17)16-12(14(18)19)9-3-4-9/h5-9,12,15H,2-4H2,1H3,(H,16,17)(H,18,19). The molecule has 2 rings (SSSR count). The van der Waals surface area contributed by atoms with E-state index in [1.165, 1.54) is 24.3 Å². The van der Waals surface area contributed by atoms with E-state index in [0.29, 0.717) is 0 Å². The van der Waals surface area contributed by atoms with Gasteiger partial charge in [0.05, 0.1) is 4.90 Å². The van der Waals surface area contributed by atoms with Crippen LogP contribution in [0.2, 0.25) is 0 Å². The third kappa shape index (κ3) is 3.83. The van der Waals surface area contributed by atoms with Crippen LogP contribution in [0.3, 0.4) is 0 Å². The van der Waals surface area contributed by atoms with Gasteiger partial charge < -0.3 is 10.4 Å². The average molecular weight is 326 g/mol. The van der Waals surface area contributed by atoms with Gasteiger partial charge in [0.25, 0.3) is 5.91 Å². The van der Waals surface area contributed by atoms with Crippen molar-refractivity contribution < 1.29 is 23.1 Å². The fourth-order valence-electron chi connectivity index (χ4n) is 2.09. The molecular weight excluding hydrogens is 308 g/mol. The van der Waals surface area contributed by atoms with Crippen molar-refractivity contribution in [2.75, 3.05) is 6.54 Å². The van der Waals surface area contributed by atoms with E-state index in [-0.39, 0.29) is 22.9 Å². The number of hydrogen-bond donors (Lipinski definition) is 3. The maximum absolute atomic E-state index is 12.0. The highest BCUT2D eigenvalue weighted by Crippen LogP contribution is 2.32. The zero-order valence-electron chi connectivity index (χ0n) is 12.1. The Morgan fingerprint density at radius 1 is 1.27 bits per heavy atom. The number of hydrogen-bond acceptors (Lipinski definition) is 4. The zero-order valence-corrected chi connectivity index (χ0v) is 12.9. The summed E-state index contributed by atoms with van der Waals surface area (Å²) in [6.45, 7) is 1.94. The normalized spacial score (nSPS) is 16.0. The predicted molar refractivity (Wildman–Crippen MR) is 78.9 cm³/mol. The monoisotopic (exact) mass is 326 g/mol. The first kappa shape index (κ1) is 16.4. The highest BCUT2D eigenvalue weighted by atomic mass is 32.2. The van der Waals surface area contributed by atoms with Gasteiger partial charge in [0.1, 0.15) is 6.04 Å². The first-order valence-electron chi connectivity index (χ1n) is 6.98. The lowest BCUT2D eigenvalue weighted by Crippen LogP contribution is -2.42. The van der Waals surface area contributed by atoms with Gasteiger partial charge in [-0.15, -0.1) is 0 Å². The molecule has 0 aliphatic heterocycles. The average Bonchev–Trinajstić information content (AvgIpc) is 3.28. The summed E-state index contributed by atoms with van der Waals surface area (Å²) in [4.78, 5) is 23.2.